The van der Waals surface area contributed by atoms with E-state index in [0.717, 1.165) is 6.07 Å². The van der Waals surface area contributed by atoms with Gasteiger partial charge in [0.2, 0.25) is 10.0 Å². The molecule has 2 aromatic rings. The van der Waals surface area contributed by atoms with Gasteiger partial charge in [-0.15, -0.1) is 0 Å². The van der Waals surface area contributed by atoms with Crippen LogP contribution in [0.15, 0.2) is 39.8 Å². The molecule has 8 heteroatoms. The lowest BCUT2D eigenvalue weighted by atomic mass is 10.3. The van der Waals surface area contributed by atoms with Crippen molar-refractivity contribution in [3.05, 3.63) is 47.9 Å². The summed E-state index contributed by atoms with van der Waals surface area (Å²) in [4.78, 5) is -0.710. The fourth-order valence-corrected chi connectivity index (χ4v) is 2.49. The van der Waals surface area contributed by atoms with Gasteiger partial charge in [-0.1, -0.05) is 0 Å². The highest BCUT2D eigenvalue weighted by atomic mass is 32.2. The molecule has 3 N–H and O–H groups in total. The minimum absolute atomic E-state index is 0.147. The van der Waals surface area contributed by atoms with Crippen molar-refractivity contribution in [2.45, 2.75) is 11.4 Å². The van der Waals surface area contributed by atoms with Crippen LogP contribution in [-0.2, 0) is 16.6 Å². The maximum atomic E-state index is 13.5. The highest BCUT2D eigenvalue weighted by Crippen LogP contribution is 2.21. The van der Waals surface area contributed by atoms with Crippen LogP contribution in [0.2, 0.25) is 0 Å². The quantitative estimate of drug-likeness (QED) is 0.837. The maximum Gasteiger partial charge on any atom is 0.243 e. The number of sulfonamides is 1. The zero-order valence-corrected chi connectivity index (χ0v) is 10.4. The van der Waals surface area contributed by atoms with Crippen LogP contribution in [0.1, 0.15) is 5.76 Å². The summed E-state index contributed by atoms with van der Waals surface area (Å²) in [5.74, 6) is -1.86. The molecule has 0 aliphatic heterocycles. The molecule has 5 nitrogen and oxygen atoms in total. The molecule has 1 aromatic heterocycles. The van der Waals surface area contributed by atoms with Crippen LogP contribution in [0.25, 0.3) is 0 Å². The van der Waals surface area contributed by atoms with Gasteiger partial charge in [-0.05, 0) is 18.2 Å². The normalized spacial score (nSPS) is 11.7. The second kappa shape index (κ2) is 4.98. The van der Waals surface area contributed by atoms with E-state index in [-0.39, 0.29) is 6.54 Å². The summed E-state index contributed by atoms with van der Waals surface area (Å²) < 4.78 is 57.2. The van der Waals surface area contributed by atoms with Crippen molar-refractivity contribution in [3.63, 3.8) is 0 Å². The Hall–Kier alpha value is -1.93. The van der Waals surface area contributed by atoms with E-state index >= 15 is 0 Å². The van der Waals surface area contributed by atoms with Crippen LogP contribution in [0.3, 0.4) is 0 Å². The zero-order chi connectivity index (χ0) is 14.0. The Morgan fingerprint density at radius 1 is 1.26 bits per heavy atom. The zero-order valence-electron chi connectivity index (χ0n) is 9.56. The summed E-state index contributed by atoms with van der Waals surface area (Å²) in [5, 5.41) is 0. The molecule has 2 rings (SSSR count). The van der Waals surface area contributed by atoms with Gasteiger partial charge >= 0.3 is 0 Å². The molecule has 1 aromatic carbocycles. The van der Waals surface area contributed by atoms with E-state index < -0.39 is 32.2 Å². The number of anilines is 1. The van der Waals surface area contributed by atoms with Gasteiger partial charge in [0, 0.05) is 6.07 Å². The molecule has 0 atom stereocenters. The Labute approximate surface area is 108 Å². The van der Waals surface area contributed by atoms with E-state index in [2.05, 4.69) is 4.72 Å². The fourth-order valence-electron chi connectivity index (χ4n) is 1.41. The molecule has 0 bridgehead atoms. The molecule has 0 amide bonds. The molecule has 0 aliphatic carbocycles. The Morgan fingerprint density at radius 2 is 2.00 bits per heavy atom. The van der Waals surface area contributed by atoms with Gasteiger partial charge in [0.25, 0.3) is 0 Å². The molecule has 0 fully saturated rings. The second-order valence-electron chi connectivity index (χ2n) is 3.71. The maximum absolute atomic E-state index is 13.5. The van der Waals surface area contributed by atoms with Crippen molar-refractivity contribution >= 4 is 15.7 Å². The van der Waals surface area contributed by atoms with Gasteiger partial charge in [0.15, 0.2) is 0 Å². The van der Waals surface area contributed by atoms with Crippen molar-refractivity contribution in [1.82, 2.24) is 4.72 Å². The van der Waals surface area contributed by atoms with Crippen LogP contribution in [0.4, 0.5) is 14.5 Å². The van der Waals surface area contributed by atoms with E-state index in [1.54, 1.807) is 12.1 Å². The summed E-state index contributed by atoms with van der Waals surface area (Å²) in [7, 11) is -4.14. The van der Waals surface area contributed by atoms with Crippen LogP contribution in [0, 0.1) is 11.6 Å². The van der Waals surface area contributed by atoms with Gasteiger partial charge in [0.05, 0.1) is 18.5 Å². The second-order valence-corrected chi connectivity index (χ2v) is 5.44. The first-order valence-corrected chi connectivity index (χ1v) is 6.65. The number of nitrogen functional groups attached to an aromatic ring is 1. The molecule has 1 heterocycles. The number of hydrogen-bond acceptors (Lipinski definition) is 4. The third kappa shape index (κ3) is 2.91. The van der Waals surface area contributed by atoms with Crippen molar-refractivity contribution in [2.75, 3.05) is 5.73 Å². The van der Waals surface area contributed by atoms with E-state index in [1.807, 2.05) is 0 Å². The Kier molecular flexibility index (Phi) is 3.54. The Morgan fingerprint density at radius 3 is 2.63 bits per heavy atom. The van der Waals surface area contributed by atoms with Crippen LogP contribution in [0.5, 0.6) is 0 Å². The highest BCUT2D eigenvalue weighted by Gasteiger charge is 2.21. The molecule has 102 valence electrons. The number of benzene rings is 1. The summed E-state index contributed by atoms with van der Waals surface area (Å²) in [6.07, 6.45) is 1.38. The number of hydrogen-bond donors (Lipinski definition) is 2. The predicted octanol–water partition coefficient (Wildman–Crippen LogP) is 1.62. The largest absolute Gasteiger partial charge is 0.468 e. The lowest BCUT2D eigenvalue weighted by molar-refractivity contribution is 0.496. The summed E-state index contributed by atoms with van der Waals surface area (Å²) in [6, 6.07) is 4.30. The van der Waals surface area contributed by atoms with Crippen molar-refractivity contribution in [2.24, 2.45) is 0 Å². The first-order valence-electron chi connectivity index (χ1n) is 5.17. The number of halogens is 2. The number of nitrogens with one attached hydrogen (secondary N) is 1. The van der Waals surface area contributed by atoms with Gasteiger partial charge in [-0.25, -0.2) is 21.9 Å². The average Bonchev–Trinajstić information content (AvgIpc) is 2.84. The van der Waals surface area contributed by atoms with Crippen molar-refractivity contribution < 1.29 is 21.6 Å². The first kappa shape index (κ1) is 13.5. The molecular weight excluding hydrogens is 278 g/mol. The van der Waals surface area contributed by atoms with E-state index in [1.165, 1.54) is 6.26 Å². The number of rotatable bonds is 4. The van der Waals surface area contributed by atoms with Crippen LogP contribution in [-0.4, -0.2) is 8.42 Å². The van der Waals surface area contributed by atoms with Crippen molar-refractivity contribution in [3.8, 4) is 0 Å². The molecular formula is C11H10F2N2O3S. The van der Waals surface area contributed by atoms with Gasteiger partial charge in [-0.3, -0.25) is 0 Å². The van der Waals surface area contributed by atoms with E-state index in [9.17, 15) is 17.2 Å². The van der Waals surface area contributed by atoms with Crippen LogP contribution >= 0.6 is 0 Å². The minimum atomic E-state index is -4.14. The molecule has 0 saturated carbocycles. The number of nitrogens with two attached hydrogens (primary N) is 1. The van der Waals surface area contributed by atoms with Gasteiger partial charge < -0.3 is 10.2 Å². The monoisotopic (exact) mass is 288 g/mol. The topological polar surface area (TPSA) is 85.3 Å². The fraction of sp³-hybridized carbons (Fsp3) is 0.0909. The lowest BCUT2D eigenvalue weighted by Crippen LogP contribution is -2.24. The summed E-state index contributed by atoms with van der Waals surface area (Å²) in [6.45, 7) is -0.147. The minimum Gasteiger partial charge on any atom is -0.468 e. The SMILES string of the molecule is Nc1cc(S(=O)(=O)NCc2ccco2)c(F)cc1F. The molecule has 0 spiro atoms. The molecule has 0 aliphatic rings. The van der Waals surface area contributed by atoms with Crippen molar-refractivity contribution in [1.29, 1.82) is 0 Å². The first-order chi connectivity index (χ1) is 8.90. The smallest absolute Gasteiger partial charge is 0.243 e. The van der Waals surface area contributed by atoms with E-state index in [4.69, 9.17) is 10.2 Å². The molecule has 0 radical (unpaired) electrons. The standard InChI is InChI=1S/C11H10F2N2O3S/c12-8-4-9(13)11(5-10(8)14)19(16,17)15-6-7-2-1-3-18-7/h1-5,15H,6,14H2. The average molecular weight is 288 g/mol. The Bertz CT molecular complexity index is 684. The third-order valence-corrected chi connectivity index (χ3v) is 3.77. The highest BCUT2D eigenvalue weighted by molar-refractivity contribution is 7.89. The predicted molar refractivity (Wildman–Crippen MR) is 63.5 cm³/mol. The van der Waals surface area contributed by atoms with E-state index in [0.29, 0.717) is 11.8 Å². The van der Waals surface area contributed by atoms with Crippen LogP contribution < -0.4 is 10.5 Å². The summed E-state index contributed by atoms with van der Waals surface area (Å²) in [5.41, 5.74) is 4.78. The Balaban J connectivity index is 2.27. The third-order valence-electron chi connectivity index (χ3n) is 2.36. The molecule has 19 heavy (non-hydrogen) atoms. The molecule has 0 saturated heterocycles. The number of furan rings is 1. The van der Waals surface area contributed by atoms with Gasteiger partial charge in [-0.2, -0.15) is 0 Å². The summed E-state index contributed by atoms with van der Waals surface area (Å²) >= 11 is 0. The lowest BCUT2D eigenvalue weighted by Gasteiger charge is -2.08. The molecule has 0 unspecified atom stereocenters. The van der Waals surface area contributed by atoms with Gasteiger partial charge in [0.1, 0.15) is 22.3 Å².